The monoisotopic (exact) mass is 420 g/mol. The van der Waals surface area contributed by atoms with Gasteiger partial charge in [0.15, 0.2) is 0 Å². The summed E-state index contributed by atoms with van der Waals surface area (Å²) in [5, 5.41) is 0. The number of carbonyl (C=O) groups is 1. The topological polar surface area (TPSA) is 51.2 Å². The van der Waals surface area contributed by atoms with E-state index >= 15 is 0 Å². The van der Waals surface area contributed by atoms with Crippen LogP contribution in [0.15, 0.2) is 24.3 Å². The molecular weight excluding hydrogens is 387 g/mol. The molecule has 7 heteroatoms. The average Bonchev–Trinajstić information content (AvgIpc) is 2.75. The maximum Gasteiger partial charge on any atom is 0.248 e. The number of morpholine rings is 1. The fourth-order valence-electron chi connectivity index (χ4n) is 4.77. The largest absolute Gasteiger partial charge is 0.491 e. The van der Waals surface area contributed by atoms with Crippen molar-refractivity contribution in [3.63, 3.8) is 0 Å². The highest BCUT2D eigenvalue weighted by atomic mass is 19.1. The van der Waals surface area contributed by atoms with E-state index in [9.17, 15) is 9.18 Å². The van der Waals surface area contributed by atoms with Crippen molar-refractivity contribution < 1.29 is 23.4 Å². The van der Waals surface area contributed by atoms with Crippen molar-refractivity contribution >= 4 is 5.91 Å². The summed E-state index contributed by atoms with van der Waals surface area (Å²) in [6, 6.07) is 6.24. The van der Waals surface area contributed by atoms with E-state index < -0.39 is 0 Å². The van der Waals surface area contributed by atoms with E-state index in [1.165, 1.54) is 12.1 Å². The van der Waals surface area contributed by atoms with Gasteiger partial charge in [-0.2, -0.15) is 0 Å². The number of likely N-dealkylation sites (tertiary alicyclic amines) is 1. The summed E-state index contributed by atoms with van der Waals surface area (Å²) in [7, 11) is 0. The highest BCUT2D eigenvalue weighted by molar-refractivity contribution is 5.78. The number of hydrogen-bond acceptors (Lipinski definition) is 5. The maximum absolute atomic E-state index is 13.0. The van der Waals surface area contributed by atoms with Crippen LogP contribution in [-0.2, 0) is 14.3 Å². The Balaban J connectivity index is 1.25. The molecule has 1 aromatic carbocycles. The van der Waals surface area contributed by atoms with Gasteiger partial charge in [-0.05, 0) is 55.4 Å². The van der Waals surface area contributed by atoms with Crippen molar-refractivity contribution in [2.45, 2.75) is 44.8 Å². The van der Waals surface area contributed by atoms with Gasteiger partial charge in [-0.1, -0.05) is 6.92 Å². The number of halogens is 1. The van der Waals surface area contributed by atoms with E-state index in [4.69, 9.17) is 14.2 Å². The number of benzene rings is 1. The summed E-state index contributed by atoms with van der Waals surface area (Å²) in [5.41, 5.74) is 0.350. The highest BCUT2D eigenvalue weighted by Gasteiger charge is 2.36. The molecule has 30 heavy (non-hydrogen) atoms. The van der Waals surface area contributed by atoms with Crippen LogP contribution >= 0.6 is 0 Å². The van der Waals surface area contributed by atoms with Crippen molar-refractivity contribution in [1.29, 1.82) is 0 Å². The van der Waals surface area contributed by atoms with E-state index in [2.05, 4.69) is 11.8 Å². The third-order valence-corrected chi connectivity index (χ3v) is 6.72. The number of carbonyl (C=O) groups excluding carboxylic acids is 1. The standard InChI is InChI=1S/C23H33FN2O4/c1-23(8-12-28-13-9-23)17-25-10-6-19(7-11-25)26-14-21(30-16-22(26)27)15-29-20-4-2-18(24)3-5-20/h2-5,19,21H,6-17H2,1H3/t21-/m1/s1. The SMILES string of the molecule is CC1(CN2CCC(N3C[C@H](COc4ccc(F)cc4)OCC3=O)CC2)CCOCC1. The van der Waals surface area contributed by atoms with Crippen LogP contribution in [0.2, 0.25) is 0 Å². The molecule has 1 aromatic rings. The Labute approximate surface area is 178 Å². The Morgan fingerprint density at radius 3 is 2.57 bits per heavy atom. The predicted molar refractivity (Wildman–Crippen MR) is 111 cm³/mol. The molecule has 4 rings (SSSR count). The molecule has 166 valence electrons. The lowest BCUT2D eigenvalue weighted by Crippen LogP contribution is -2.56. The number of hydrogen-bond donors (Lipinski definition) is 0. The van der Waals surface area contributed by atoms with Gasteiger partial charge in [0, 0.05) is 38.9 Å². The van der Waals surface area contributed by atoms with Gasteiger partial charge in [-0.15, -0.1) is 0 Å². The minimum atomic E-state index is -0.287. The van der Waals surface area contributed by atoms with Crippen LogP contribution in [0.3, 0.4) is 0 Å². The predicted octanol–water partition coefficient (Wildman–Crippen LogP) is 2.71. The fraction of sp³-hybridized carbons (Fsp3) is 0.696. The Morgan fingerprint density at radius 1 is 1.17 bits per heavy atom. The lowest BCUT2D eigenvalue weighted by molar-refractivity contribution is -0.155. The van der Waals surface area contributed by atoms with Crippen molar-refractivity contribution in [3.05, 3.63) is 30.1 Å². The average molecular weight is 421 g/mol. The first-order valence-electron chi connectivity index (χ1n) is 11.1. The summed E-state index contributed by atoms with van der Waals surface area (Å²) in [6.45, 7) is 8.31. The van der Waals surface area contributed by atoms with Gasteiger partial charge in [0.1, 0.15) is 30.9 Å². The molecule has 0 spiro atoms. The van der Waals surface area contributed by atoms with Crippen LogP contribution in [-0.4, -0.2) is 80.5 Å². The van der Waals surface area contributed by atoms with Crippen LogP contribution in [0, 0.1) is 11.2 Å². The molecule has 0 radical (unpaired) electrons. The Bertz CT molecular complexity index is 700. The van der Waals surface area contributed by atoms with Crippen LogP contribution in [0.1, 0.15) is 32.6 Å². The Morgan fingerprint density at radius 2 is 1.87 bits per heavy atom. The lowest BCUT2D eigenvalue weighted by atomic mass is 9.81. The van der Waals surface area contributed by atoms with Crippen LogP contribution in [0.25, 0.3) is 0 Å². The number of nitrogens with zero attached hydrogens (tertiary/aromatic N) is 2. The molecule has 3 aliphatic heterocycles. The molecule has 0 saturated carbocycles. The molecule has 1 amide bonds. The smallest absolute Gasteiger partial charge is 0.248 e. The minimum Gasteiger partial charge on any atom is -0.491 e. The third kappa shape index (κ3) is 5.50. The highest BCUT2D eigenvalue weighted by Crippen LogP contribution is 2.32. The van der Waals surface area contributed by atoms with Crippen molar-refractivity contribution in [3.8, 4) is 5.75 Å². The summed E-state index contributed by atoms with van der Waals surface area (Å²) >= 11 is 0. The quantitative estimate of drug-likeness (QED) is 0.708. The normalized spacial score (nSPS) is 26.0. The zero-order chi connectivity index (χ0) is 21.0. The second-order valence-corrected chi connectivity index (χ2v) is 9.17. The van der Waals surface area contributed by atoms with Gasteiger partial charge in [0.2, 0.25) is 5.91 Å². The molecule has 0 aliphatic carbocycles. The molecular formula is C23H33FN2O4. The summed E-state index contributed by atoms with van der Waals surface area (Å²) in [6.07, 6.45) is 4.11. The zero-order valence-electron chi connectivity index (χ0n) is 17.9. The summed E-state index contributed by atoms with van der Waals surface area (Å²) in [4.78, 5) is 17.0. The third-order valence-electron chi connectivity index (χ3n) is 6.72. The lowest BCUT2D eigenvalue weighted by Gasteiger charge is -2.44. The van der Waals surface area contributed by atoms with Gasteiger partial charge < -0.3 is 24.0 Å². The Hall–Kier alpha value is -1.70. The Kier molecular flexibility index (Phi) is 6.91. The van der Waals surface area contributed by atoms with Gasteiger partial charge >= 0.3 is 0 Å². The first-order chi connectivity index (χ1) is 14.5. The molecule has 0 bridgehead atoms. The van der Waals surface area contributed by atoms with Crippen LogP contribution in [0.5, 0.6) is 5.75 Å². The minimum absolute atomic E-state index is 0.0721. The molecule has 6 nitrogen and oxygen atoms in total. The summed E-state index contributed by atoms with van der Waals surface area (Å²) in [5.74, 6) is 0.395. The maximum atomic E-state index is 13.0. The molecule has 3 heterocycles. The first kappa shape index (κ1) is 21.5. The van der Waals surface area contributed by atoms with E-state index in [1.54, 1.807) is 12.1 Å². The van der Waals surface area contributed by atoms with Gasteiger partial charge in [-0.25, -0.2) is 4.39 Å². The van der Waals surface area contributed by atoms with Crippen molar-refractivity contribution in [2.75, 3.05) is 52.6 Å². The van der Waals surface area contributed by atoms with E-state index in [1.807, 2.05) is 4.90 Å². The van der Waals surface area contributed by atoms with Gasteiger partial charge in [0.25, 0.3) is 0 Å². The number of amides is 1. The van der Waals surface area contributed by atoms with Gasteiger partial charge in [0.05, 0.1) is 6.54 Å². The zero-order valence-corrected chi connectivity index (χ0v) is 17.9. The molecule has 0 unspecified atom stereocenters. The van der Waals surface area contributed by atoms with Crippen LogP contribution in [0.4, 0.5) is 4.39 Å². The van der Waals surface area contributed by atoms with Gasteiger partial charge in [-0.3, -0.25) is 4.79 Å². The molecule has 0 aromatic heterocycles. The van der Waals surface area contributed by atoms with E-state index in [0.717, 1.165) is 58.5 Å². The number of rotatable bonds is 6. The molecule has 0 N–H and O–H groups in total. The number of ether oxygens (including phenoxy) is 3. The van der Waals surface area contributed by atoms with E-state index in [0.29, 0.717) is 24.3 Å². The molecule has 1 atom stereocenters. The van der Waals surface area contributed by atoms with E-state index in [-0.39, 0.29) is 30.5 Å². The molecule has 3 aliphatic rings. The summed E-state index contributed by atoms with van der Waals surface area (Å²) < 4.78 is 30.0. The fourth-order valence-corrected chi connectivity index (χ4v) is 4.77. The van der Waals surface area contributed by atoms with Crippen LogP contribution < -0.4 is 4.74 Å². The van der Waals surface area contributed by atoms with Crippen molar-refractivity contribution in [2.24, 2.45) is 5.41 Å². The molecule has 3 fully saturated rings. The molecule has 3 saturated heterocycles. The first-order valence-corrected chi connectivity index (χ1v) is 11.1. The number of piperidine rings is 1. The second kappa shape index (κ2) is 9.62. The second-order valence-electron chi connectivity index (χ2n) is 9.17. The van der Waals surface area contributed by atoms with Crippen molar-refractivity contribution in [1.82, 2.24) is 9.80 Å².